The molecule has 3 atom stereocenters. The number of aryl methyl sites for hydroxylation is 1. The summed E-state index contributed by atoms with van der Waals surface area (Å²) in [4.78, 5) is 38.8. The third kappa shape index (κ3) is 10.7. The molecule has 1 saturated heterocycles. The van der Waals surface area contributed by atoms with Crippen molar-refractivity contribution >= 4 is 18.3 Å². The minimum absolute atomic E-state index is 0.0130. The van der Waals surface area contributed by atoms with Crippen molar-refractivity contribution in [1.82, 2.24) is 4.90 Å². The first-order valence-corrected chi connectivity index (χ1v) is 15.4. The maximum atomic E-state index is 13.0. The van der Waals surface area contributed by atoms with Gasteiger partial charge in [0.15, 0.2) is 18.1 Å². The van der Waals surface area contributed by atoms with Crippen molar-refractivity contribution < 1.29 is 28.4 Å². The van der Waals surface area contributed by atoms with Crippen molar-refractivity contribution in [2.45, 2.75) is 123 Å². The second-order valence-corrected chi connectivity index (χ2v) is 11.3. The molecular formula is C32H53N2O5+. The first-order valence-electron chi connectivity index (χ1n) is 15.4. The lowest BCUT2D eigenvalue weighted by Crippen LogP contribution is -2.48. The Kier molecular flexibility index (Phi) is 15.3. The van der Waals surface area contributed by atoms with E-state index in [1.807, 2.05) is 36.0 Å². The van der Waals surface area contributed by atoms with E-state index in [1.54, 1.807) is 0 Å². The lowest BCUT2D eigenvalue weighted by molar-refractivity contribution is -0.679. The molecule has 7 heteroatoms. The number of carbonyl (C=O) groups is 3. The lowest BCUT2D eigenvalue weighted by Gasteiger charge is -2.34. The number of rotatable bonds is 19. The molecule has 1 aromatic rings. The van der Waals surface area contributed by atoms with Crippen molar-refractivity contribution in [3.8, 4) is 0 Å². The van der Waals surface area contributed by atoms with Gasteiger partial charge in [-0.2, -0.15) is 0 Å². The summed E-state index contributed by atoms with van der Waals surface area (Å²) in [6.07, 6.45) is 18.9. The number of imide groups is 1. The zero-order valence-corrected chi connectivity index (χ0v) is 25.0. The monoisotopic (exact) mass is 545 g/mol. The summed E-state index contributed by atoms with van der Waals surface area (Å²) in [5, 5.41) is 0. The Balaban J connectivity index is 1.91. The van der Waals surface area contributed by atoms with Crippen molar-refractivity contribution in [3.63, 3.8) is 0 Å². The molecule has 220 valence electrons. The highest BCUT2D eigenvalue weighted by atomic mass is 16.6. The molecule has 1 aliphatic heterocycles. The molecule has 0 bridgehead atoms. The van der Waals surface area contributed by atoms with Crippen molar-refractivity contribution in [2.75, 3.05) is 13.2 Å². The van der Waals surface area contributed by atoms with Crippen LogP contribution in [0, 0.1) is 11.8 Å². The van der Waals surface area contributed by atoms with Crippen LogP contribution >= 0.6 is 0 Å². The zero-order chi connectivity index (χ0) is 28.5. The van der Waals surface area contributed by atoms with E-state index in [4.69, 9.17) is 9.47 Å². The Hall–Kier alpha value is -2.28. The average molecular weight is 546 g/mol. The number of nitrogens with zero attached hydrogens (tertiary/aromatic N) is 2. The van der Waals surface area contributed by atoms with Crippen LogP contribution in [0.1, 0.15) is 116 Å². The van der Waals surface area contributed by atoms with Gasteiger partial charge in [-0.15, -0.1) is 0 Å². The molecule has 1 aromatic heterocycles. The van der Waals surface area contributed by atoms with Gasteiger partial charge in [0.25, 0.3) is 0 Å². The molecular weight excluding hydrogens is 492 g/mol. The fourth-order valence-electron chi connectivity index (χ4n) is 5.92. The molecule has 0 radical (unpaired) electrons. The molecule has 2 amide bonds. The minimum Gasteiger partial charge on any atom is -0.446 e. The van der Waals surface area contributed by atoms with Gasteiger partial charge in [-0.05, 0) is 12.3 Å². The third-order valence-corrected chi connectivity index (χ3v) is 8.29. The Labute approximate surface area is 236 Å². The molecule has 0 N–H and O–H groups in total. The maximum absolute atomic E-state index is 13.0. The average Bonchev–Trinajstić information content (AvgIpc) is 3.35. The second kappa shape index (κ2) is 18.1. The summed E-state index contributed by atoms with van der Waals surface area (Å²) >= 11 is 0. The number of hydrogen-bond donors (Lipinski definition) is 0. The van der Waals surface area contributed by atoms with E-state index < -0.39 is 17.6 Å². The van der Waals surface area contributed by atoms with Crippen LogP contribution in [-0.2, 0) is 32.7 Å². The molecule has 0 spiro atoms. The molecule has 1 fully saturated rings. The SMILES string of the molecule is CCCCCCCCCCCCC(CCC)[C@H]1CCO[C@]1(C=O)COC(=O)N(Cc1cccc[n+]1C)C(C)=O. The molecule has 7 nitrogen and oxygen atoms in total. The Morgan fingerprint density at radius 3 is 2.31 bits per heavy atom. The normalized spacial score (nSPS) is 19.5. The second-order valence-electron chi connectivity index (χ2n) is 11.3. The Morgan fingerprint density at radius 1 is 1.05 bits per heavy atom. The predicted octanol–water partition coefficient (Wildman–Crippen LogP) is 6.70. The van der Waals surface area contributed by atoms with Gasteiger partial charge in [0.2, 0.25) is 11.6 Å². The number of hydrogen-bond acceptors (Lipinski definition) is 5. The topological polar surface area (TPSA) is 76.8 Å². The van der Waals surface area contributed by atoms with Gasteiger partial charge in [-0.25, -0.2) is 14.3 Å². The maximum Gasteiger partial charge on any atom is 0.417 e. The predicted molar refractivity (Wildman–Crippen MR) is 153 cm³/mol. The summed E-state index contributed by atoms with van der Waals surface area (Å²) in [5.41, 5.74) is -0.349. The highest BCUT2D eigenvalue weighted by Gasteiger charge is 2.49. The van der Waals surface area contributed by atoms with Gasteiger partial charge in [-0.1, -0.05) is 103 Å². The first kappa shape index (κ1) is 32.9. The first-order chi connectivity index (χ1) is 18.9. The zero-order valence-electron chi connectivity index (χ0n) is 25.0. The quantitative estimate of drug-likeness (QED) is 0.110. The molecule has 2 heterocycles. The molecule has 2 rings (SSSR count). The third-order valence-electron chi connectivity index (χ3n) is 8.29. The van der Waals surface area contributed by atoms with Crippen molar-refractivity contribution in [3.05, 3.63) is 30.1 Å². The van der Waals surface area contributed by atoms with Crippen LogP contribution in [0.4, 0.5) is 4.79 Å². The van der Waals surface area contributed by atoms with Crippen LogP contribution in [0.15, 0.2) is 24.4 Å². The van der Waals surface area contributed by atoms with E-state index in [-0.39, 0.29) is 19.1 Å². The summed E-state index contributed by atoms with van der Waals surface area (Å²) in [6.45, 7) is 6.19. The van der Waals surface area contributed by atoms with Gasteiger partial charge < -0.3 is 9.47 Å². The highest BCUT2D eigenvalue weighted by Crippen LogP contribution is 2.41. The van der Waals surface area contributed by atoms with Crippen LogP contribution in [-0.4, -0.2) is 42.0 Å². The van der Waals surface area contributed by atoms with Gasteiger partial charge in [-0.3, -0.25) is 9.59 Å². The lowest BCUT2D eigenvalue weighted by atomic mass is 9.74. The summed E-state index contributed by atoms with van der Waals surface area (Å²) in [7, 11) is 1.86. The fraction of sp³-hybridized carbons (Fsp3) is 0.750. The minimum atomic E-state index is -1.14. The molecule has 0 aliphatic carbocycles. The number of amides is 2. The van der Waals surface area contributed by atoms with E-state index in [2.05, 4.69) is 13.8 Å². The van der Waals surface area contributed by atoms with E-state index in [9.17, 15) is 14.4 Å². The Bertz CT molecular complexity index is 876. The number of carbonyl (C=O) groups excluding carboxylic acids is 3. The van der Waals surface area contributed by atoms with Crippen LogP contribution in [0.25, 0.3) is 0 Å². The van der Waals surface area contributed by atoms with E-state index >= 15 is 0 Å². The van der Waals surface area contributed by atoms with Crippen LogP contribution in [0.5, 0.6) is 0 Å². The van der Waals surface area contributed by atoms with Gasteiger partial charge in [0.05, 0.1) is 0 Å². The Morgan fingerprint density at radius 2 is 1.72 bits per heavy atom. The number of pyridine rings is 1. The summed E-state index contributed by atoms with van der Waals surface area (Å²) in [5.74, 6) is -0.0422. The summed E-state index contributed by atoms with van der Waals surface area (Å²) < 4.78 is 13.5. The van der Waals surface area contributed by atoms with Crippen LogP contribution in [0.2, 0.25) is 0 Å². The summed E-state index contributed by atoms with van der Waals surface area (Å²) in [6, 6.07) is 5.60. The van der Waals surface area contributed by atoms with Gasteiger partial charge in [0, 0.05) is 31.6 Å². The molecule has 39 heavy (non-hydrogen) atoms. The highest BCUT2D eigenvalue weighted by molar-refractivity contribution is 5.90. The number of unbranched alkanes of at least 4 members (excludes halogenated alkanes) is 9. The smallest absolute Gasteiger partial charge is 0.417 e. The van der Waals surface area contributed by atoms with E-state index in [0.29, 0.717) is 12.5 Å². The van der Waals surface area contributed by atoms with Crippen molar-refractivity contribution in [1.29, 1.82) is 0 Å². The number of aromatic nitrogens is 1. The van der Waals surface area contributed by atoms with Gasteiger partial charge >= 0.3 is 6.09 Å². The van der Waals surface area contributed by atoms with Crippen LogP contribution < -0.4 is 4.57 Å². The van der Waals surface area contributed by atoms with E-state index in [1.165, 1.54) is 64.7 Å². The fourth-order valence-corrected chi connectivity index (χ4v) is 5.92. The number of aldehydes is 1. The van der Waals surface area contributed by atoms with E-state index in [0.717, 1.165) is 49.0 Å². The number of ether oxygens (including phenoxy) is 2. The van der Waals surface area contributed by atoms with Crippen LogP contribution in [0.3, 0.4) is 0 Å². The largest absolute Gasteiger partial charge is 0.446 e. The molecule has 0 aromatic carbocycles. The standard InChI is InChI=1S/C32H53N2O5/c1-5-7-8-9-10-11-12-13-14-15-19-28(18-6-2)30-21-23-39-32(30,25-35)26-38-31(37)34(27(3)36)24-29-20-16-17-22-33(29)4/h16-17,20,22,25,28,30H,5-15,18-19,21,23-24,26H2,1-4H3/q+1/t28?,30-,32-/m1/s1. The molecule has 0 saturated carbocycles. The van der Waals surface area contributed by atoms with Crippen molar-refractivity contribution in [2.24, 2.45) is 18.9 Å². The molecule has 1 aliphatic rings. The van der Waals surface area contributed by atoms with Gasteiger partial charge in [0.1, 0.15) is 20.2 Å². The molecule has 1 unspecified atom stereocenters.